The number of fused-ring (bicyclic) bond motifs is 1. The lowest BCUT2D eigenvalue weighted by Crippen LogP contribution is -2.38. The predicted molar refractivity (Wildman–Crippen MR) is 110 cm³/mol. The standard InChI is InChI=1S/C23H28N4O/c1-16-15-25-22(19-3-4-19)27(16)13-9-17-7-11-26(12-8-17)23(28)20-5-2-18-6-10-24-21(18)14-20/h2,5-6,10,14-15,17,19,24H,3-4,7-9,11-13H2,1H3. The van der Waals surface area contributed by atoms with Crippen molar-refractivity contribution < 1.29 is 4.79 Å². The molecule has 1 aliphatic heterocycles. The van der Waals surface area contributed by atoms with Gasteiger partial charge in [0.2, 0.25) is 0 Å². The van der Waals surface area contributed by atoms with Gasteiger partial charge in [-0.25, -0.2) is 4.98 Å². The largest absolute Gasteiger partial charge is 0.361 e. The molecule has 1 amide bonds. The lowest BCUT2D eigenvalue weighted by atomic mass is 9.93. The van der Waals surface area contributed by atoms with Crippen LogP contribution in [0.3, 0.4) is 0 Å². The van der Waals surface area contributed by atoms with Crippen molar-refractivity contribution in [2.45, 2.75) is 51.5 Å². The van der Waals surface area contributed by atoms with Gasteiger partial charge in [0.05, 0.1) is 0 Å². The van der Waals surface area contributed by atoms with Crippen molar-refractivity contribution in [1.29, 1.82) is 0 Å². The Labute approximate surface area is 165 Å². The van der Waals surface area contributed by atoms with E-state index in [-0.39, 0.29) is 5.91 Å². The molecule has 0 spiro atoms. The summed E-state index contributed by atoms with van der Waals surface area (Å²) in [7, 11) is 0. The highest BCUT2D eigenvalue weighted by atomic mass is 16.2. The van der Waals surface area contributed by atoms with Crippen LogP contribution in [0, 0.1) is 12.8 Å². The fraction of sp³-hybridized carbons (Fsp3) is 0.478. The summed E-state index contributed by atoms with van der Waals surface area (Å²) in [5, 5.41) is 1.15. The fourth-order valence-corrected chi connectivity index (χ4v) is 4.54. The summed E-state index contributed by atoms with van der Waals surface area (Å²) in [6, 6.07) is 7.99. The van der Waals surface area contributed by atoms with Crippen LogP contribution in [0.2, 0.25) is 0 Å². The van der Waals surface area contributed by atoms with Gasteiger partial charge in [-0.2, -0.15) is 0 Å². The third-order valence-corrected chi connectivity index (χ3v) is 6.49. The molecule has 2 aliphatic rings. The highest BCUT2D eigenvalue weighted by molar-refractivity contribution is 5.97. The number of carbonyl (C=O) groups excluding carboxylic acids is 1. The number of H-pyrrole nitrogens is 1. The molecular formula is C23H28N4O. The molecule has 1 aromatic carbocycles. The first-order valence-electron chi connectivity index (χ1n) is 10.6. The molecule has 2 aromatic heterocycles. The van der Waals surface area contributed by atoms with E-state index in [1.54, 1.807) is 0 Å². The van der Waals surface area contributed by atoms with E-state index in [4.69, 9.17) is 0 Å². The maximum absolute atomic E-state index is 12.9. The Morgan fingerprint density at radius 3 is 2.79 bits per heavy atom. The number of imidazole rings is 1. The quantitative estimate of drug-likeness (QED) is 0.713. The van der Waals surface area contributed by atoms with Crippen LogP contribution in [0.1, 0.15) is 59.9 Å². The van der Waals surface area contributed by atoms with Gasteiger partial charge < -0.3 is 14.5 Å². The molecule has 0 bridgehead atoms. The van der Waals surface area contributed by atoms with Crippen LogP contribution < -0.4 is 0 Å². The highest BCUT2D eigenvalue weighted by Gasteiger charge is 2.29. The summed E-state index contributed by atoms with van der Waals surface area (Å²) >= 11 is 0. The summed E-state index contributed by atoms with van der Waals surface area (Å²) in [4.78, 5) is 22.7. The number of nitrogens with one attached hydrogen (secondary N) is 1. The maximum atomic E-state index is 12.9. The van der Waals surface area contributed by atoms with Crippen LogP contribution in [-0.2, 0) is 6.54 Å². The second-order valence-electron chi connectivity index (χ2n) is 8.49. The summed E-state index contributed by atoms with van der Waals surface area (Å²) in [6.45, 7) is 4.97. The fourth-order valence-electron chi connectivity index (χ4n) is 4.54. The van der Waals surface area contributed by atoms with Crippen LogP contribution in [0.4, 0.5) is 0 Å². The zero-order chi connectivity index (χ0) is 19.1. The van der Waals surface area contributed by atoms with E-state index in [1.165, 1.54) is 30.8 Å². The van der Waals surface area contributed by atoms with Crippen LogP contribution >= 0.6 is 0 Å². The second-order valence-corrected chi connectivity index (χ2v) is 8.49. The SMILES string of the molecule is Cc1cnc(C2CC2)n1CCC1CCN(C(=O)c2ccc3cc[nH]c3c2)CC1. The molecule has 1 aliphatic carbocycles. The molecule has 0 radical (unpaired) electrons. The molecule has 3 heterocycles. The number of rotatable bonds is 5. The number of nitrogens with zero attached hydrogens (tertiary/aromatic N) is 3. The number of hydrogen-bond acceptors (Lipinski definition) is 2. The third kappa shape index (κ3) is 3.34. The van der Waals surface area contributed by atoms with Crippen molar-refractivity contribution in [3.63, 3.8) is 0 Å². The van der Waals surface area contributed by atoms with E-state index in [0.717, 1.165) is 48.9 Å². The Morgan fingerprint density at radius 2 is 2.00 bits per heavy atom. The topological polar surface area (TPSA) is 53.9 Å². The maximum Gasteiger partial charge on any atom is 0.253 e. The summed E-state index contributed by atoms with van der Waals surface area (Å²) in [5.74, 6) is 2.86. The van der Waals surface area contributed by atoms with E-state index in [9.17, 15) is 4.79 Å². The molecular weight excluding hydrogens is 348 g/mol. The van der Waals surface area contributed by atoms with Gasteiger partial charge >= 0.3 is 0 Å². The molecule has 28 heavy (non-hydrogen) atoms. The Balaban J connectivity index is 1.17. The minimum atomic E-state index is 0.163. The molecule has 1 saturated carbocycles. The van der Waals surface area contributed by atoms with Gasteiger partial charge in [0.25, 0.3) is 5.91 Å². The van der Waals surface area contributed by atoms with E-state index in [1.807, 2.05) is 41.6 Å². The monoisotopic (exact) mass is 376 g/mol. The third-order valence-electron chi connectivity index (χ3n) is 6.49. The van der Waals surface area contributed by atoms with Gasteiger partial charge in [-0.15, -0.1) is 0 Å². The van der Waals surface area contributed by atoms with E-state index in [0.29, 0.717) is 11.8 Å². The molecule has 5 nitrogen and oxygen atoms in total. The summed E-state index contributed by atoms with van der Waals surface area (Å²) < 4.78 is 2.43. The van der Waals surface area contributed by atoms with Crippen molar-refractivity contribution in [2.24, 2.45) is 5.92 Å². The number of aromatic amines is 1. The Hall–Kier alpha value is -2.56. The van der Waals surface area contributed by atoms with Gasteiger partial charge in [0, 0.05) is 54.7 Å². The minimum Gasteiger partial charge on any atom is -0.361 e. The molecule has 5 heteroatoms. The van der Waals surface area contributed by atoms with Gasteiger partial charge in [-0.05, 0) is 68.5 Å². The van der Waals surface area contributed by atoms with Crippen molar-refractivity contribution in [3.8, 4) is 0 Å². The van der Waals surface area contributed by atoms with Gasteiger partial charge in [-0.3, -0.25) is 4.79 Å². The van der Waals surface area contributed by atoms with Crippen LogP contribution in [0.15, 0.2) is 36.7 Å². The number of aryl methyl sites for hydroxylation is 1. The zero-order valence-corrected chi connectivity index (χ0v) is 16.5. The van der Waals surface area contributed by atoms with Crippen LogP contribution in [0.5, 0.6) is 0 Å². The molecule has 5 rings (SSSR count). The molecule has 1 saturated heterocycles. The smallest absolute Gasteiger partial charge is 0.253 e. The normalized spacial score (nSPS) is 18.1. The lowest BCUT2D eigenvalue weighted by molar-refractivity contribution is 0.0685. The number of likely N-dealkylation sites (tertiary alicyclic amines) is 1. The van der Waals surface area contributed by atoms with E-state index >= 15 is 0 Å². The van der Waals surface area contributed by atoms with E-state index in [2.05, 4.69) is 21.5 Å². The van der Waals surface area contributed by atoms with Crippen LogP contribution in [-0.4, -0.2) is 38.4 Å². The minimum absolute atomic E-state index is 0.163. The van der Waals surface area contributed by atoms with Gasteiger partial charge in [-0.1, -0.05) is 6.07 Å². The molecule has 1 N–H and O–H groups in total. The molecule has 146 valence electrons. The first-order valence-corrected chi connectivity index (χ1v) is 10.6. The number of piperidine rings is 1. The second kappa shape index (κ2) is 7.12. The number of aromatic nitrogens is 3. The van der Waals surface area contributed by atoms with Crippen molar-refractivity contribution >= 4 is 16.8 Å². The van der Waals surface area contributed by atoms with Crippen LogP contribution in [0.25, 0.3) is 10.9 Å². The average molecular weight is 377 g/mol. The van der Waals surface area contributed by atoms with Gasteiger partial charge in [0.1, 0.15) is 5.82 Å². The number of hydrogen-bond donors (Lipinski definition) is 1. The first kappa shape index (κ1) is 17.5. The Morgan fingerprint density at radius 1 is 1.18 bits per heavy atom. The average Bonchev–Trinajstić information content (AvgIpc) is 3.34. The Kier molecular flexibility index (Phi) is 4.46. The number of amides is 1. The molecule has 2 fully saturated rings. The molecule has 0 unspecified atom stereocenters. The first-order chi connectivity index (χ1) is 13.7. The number of benzene rings is 1. The molecule has 0 atom stereocenters. The zero-order valence-electron chi connectivity index (χ0n) is 16.5. The summed E-state index contributed by atoms with van der Waals surface area (Å²) in [6.07, 6.45) is 9.92. The highest BCUT2D eigenvalue weighted by Crippen LogP contribution is 2.39. The predicted octanol–water partition coefficient (Wildman–Crippen LogP) is 4.49. The Bertz CT molecular complexity index is 989. The summed E-state index contributed by atoms with van der Waals surface area (Å²) in [5.41, 5.74) is 3.11. The van der Waals surface area contributed by atoms with E-state index < -0.39 is 0 Å². The number of carbonyl (C=O) groups is 1. The van der Waals surface area contributed by atoms with Crippen molar-refractivity contribution in [2.75, 3.05) is 13.1 Å². The van der Waals surface area contributed by atoms with Gasteiger partial charge in [0.15, 0.2) is 0 Å². The van der Waals surface area contributed by atoms with Crippen molar-refractivity contribution in [3.05, 3.63) is 53.7 Å². The van der Waals surface area contributed by atoms with Crippen molar-refractivity contribution in [1.82, 2.24) is 19.4 Å². The molecule has 3 aromatic rings. The lowest BCUT2D eigenvalue weighted by Gasteiger charge is -2.32.